The molecule has 3 atom stereocenters. The van der Waals surface area contributed by atoms with E-state index in [2.05, 4.69) is 5.32 Å². The van der Waals surface area contributed by atoms with Crippen molar-refractivity contribution < 1.29 is 28.7 Å². The lowest BCUT2D eigenvalue weighted by Gasteiger charge is -2.45. The Kier molecular flexibility index (Phi) is 7.22. The van der Waals surface area contributed by atoms with Crippen molar-refractivity contribution >= 4 is 35.2 Å². The number of amides is 3. The second-order valence-electron chi connectivity index (χ2n) is 11.3. The lowest BCUT2D eigenvalue weighted by atomic mass is 9.55. The number of hydrogen-bond donors (Lipinski definition) is 1. The van der Waals surface area contributed by atoms with Gasteiger partial charge in [0.05, 0.1) is 11.8 Å². The molecule has 0 radical (unpaired) electrons. The molecule has 2 bridgehead atoms. The van der Waals surface area contributed by atoms with Gasteiger partial charge in [-0.25, -0.2) is 4.79 Å². The van der Waals surface area contributed by atoms with Gasteiger partial charge in [0.15, 0.2) is 12.4 Å². The molecule has 0 saturated carbocycles. The van der Waals surface area contributed by atoms with Gasteiger partial charge in [-0.2, -0.15) is 0 Å². The van der Waals surface area contributed by atoms with Crippen LogP contribution in [0.3, 0.4) is 0 Å². The zero-order chi connectivity index (χ0) is 29.5. The summed E-state index contributed by atoms with van der Waals surface area (Å²) in [5.41, 5.74) is 5.21. The lowest BCUT2D eigenvalue weighted by molar-refractivity contribution is -0.160. The van der Waals surface area contributed by atoms with Crippen molar-refractivity contribution in [2.24, 2.45) is 11.8 Å². The molecule has 1 fully saturated rings. The molecule has 1 saturated heterocycles. The zero-order valence-corrected chi connectivity index (χ0v) is 23.5. The van der Waals surface area contributed by atoms with E-state index in [1.165, 1.54) is 6.92 Å². The van der Waals surface area contributed by atoms with Crippen LogP contribution >= 0.6 is 0 Å². The average Bonchev–Trinajstić information content (AvgIpc) is 3.26. The fourth-order valence-corrected chi connectivity index (χ4v) is 6.98. The molecule has 0 unspecified atom stereocenters. The van der Waals surface area contributed by atoms with Gasteiger partial charge in [0.25, 0.3) is 5.91 Å². The predicted molar refractivity (Wildman–Crippen MR) is 155 cm³/mol. The highest BCUT2D eigenvalue weighted by Gasteiger charge is 2.63. The van der Waals surface area contributed by atoms with Gasteiger partial charge in [-0.1, -0.05) is 68.3 Å². The maximum absolute atomic E-state index is 14.1. The van der Waals surface area contributed by atoms with Crippen molar-refractivity contribution in [2.45, 2.75) is 51.0 Å². The SMILES string of the molecule is CCCC[C@@H](C(=O)OCC(=O)Nc1ccc(C(C)=O)cc1)N1C(=O)[C@@H]2C3c4ccccc4C(c4ccccc43)[C@@H]2C1=O. The number of esters is 1. The Morgan fingerprint density at radius 2 is 1.31 bits per heavy atom. The van der Waals surface area contributed by atoms with Gasteiger partial charge in [-0.3, -0.25) is 24.1 Å². The summed E-state index contributed by atoms with van der Waals surface area (Å²) in [6.07, 6.45) is 1.62. The third-order valence-electron chi connectivity index (χ3n) is 8.82. The molecular formula is C34H32N2O6. The predicted octanol–water partition coefficient (Wildman–Crippen LogP) is 4.82. The second kappa shape index (κ2) is 11.0. The van der Waals surface area contributed by atoms with Crippen LogP contribution in [0.5, 0.6) is 0 Å². The smallest absolute Gasteiger partial charge is 0.329 e. The van der Waals surface area contributed by atoms with E-state index < -0.39 is 36.4 Å². The topological polar surface area (TPSA) is 110 Å². The maximum atomic E-state index is 14.1. The molecule has 42 heavy (non-hydrogen) atoms. The average molecular weight is 565 g/mol. The molecule has 3 aromatic rings. The van der Waals surface area contributed by atoms with Crippen LogP contribution in [0.25, 0.3) is 0 Å². The lowest BCUT2D eigenvalue weighted by Crippen LogP contribution is -2.47. The number of carbonyl (C=O) groups is 5. The largest absolute Gasteiger partial charge is 0.454 e. The van der Waals surface area contributed by atoms with Gasteiger partial charge < -0.3 is 10.1 Å². The van der Waals surface area contributed by atoms with E-state index in [1.54, 1.807) is 24.3 Å². The molecule has 1 heterocycles. The molecule has 8 nitrogen and oxygen atoms in total. The van der Waals surface area contributed by atoms with Crippen LogP contribution in [-0.2, 0) is 23.9 Å². The summed E-state index contributed by atoms with van der Waals surface area (Å²) < 4.78 is 5.40. The number of nitrogens with zero attached hydrogens (tertiary/aromatic N) is 1. The summed E-state index contributed by atoms with van der Waals surface area (Å²) >= 11 is 0. The van der Waals surface area contributed by atoms with Crippen LogP contribution in [-0.4, -0.2) is 47.0 Å². The Labute approximate surface area is 244 Å². The molecule has 214 valence electrons. The first-order chi connectivity index (χ1) is 20.3. The first kappa shape index (κ1) is 27.6. The molecule has 0 spiro atoms. The molecule has 7 rings (SSSR count). The molecular weight excluding hydrogens is 532 g/mol. The standard InChI is InChI=1S/C34H32N2O6/c1-3-4-13-26(34(41)42-18-27(38)35-21-16-14-20(15-17-21)19(2)37)36-32(39)30-28-22-9-5-6-10-23(22)29(31(30)33(36)40)25-12-8-7-11-24(25)28/h5-12,14-17,26,28-31H,3-4,13,18H2,1-2H3,(H,35,38)/t26-,28?,29?,30-,31+/m0/s1. The molecule has 8 heteroatoms. The highest BCUT2D eigenvalue weighted by atomic mass is 16.5. The molecule has 3 amide bonds. The number of nitrogens with one attached hydrogen (secondary N) is 1. The minimum atomic E-state index is -1.11. The number of ether oxygens (including phenoxy) is 1. The zero-order valence-electron chi connectivity index (χ0n) is 23.5. The van der Waals surface area contributed by atoms with Crippen LogP contribution < -0.4 is 5.32 Å². The summed E-state index contributed by atoms with van der Waals surface area (Å²) in [7, 11) is 0. The molecule has 3 aliphatic carbocycles. The van der Waals surface area contributed by atoms with Gasteiger partial charge in [-0.15, -0.1) is 0 Å². The fraction of sp³-hybridized carbons (Fsp3) is 0.324. The van der Waals surface area contributed by atoms with Crippen LogP contribution in [0.1, 0.15) is 77.6 Å². The number of likely N-dealkylation sites (tertiary alicyclic amines) is 1. The van der Waals surface area contributed by atoms with E-state index in [0.717, 1.165) is 33.6 Å². The van der Waals surface area contributed by atoms with Crippen molar-refractivity contribution in [3.63, 3.8) is 0 Å². The van der Waals surface area contributed by atoms with E-state index in [-0.39, 0.29) is 35.9 Å². The van der Waals surface area contributed by atoms with Gasteiger partial charge in [0, 0.05) is 23.1 Å². The van der Waals surface area contributed by atoms with E-state index in [1.807, 2.05) is 55.5 Å². The summed E-state index contributed by atoms with van der Waals surface area (Å²) in [5.74, 6) is -3.84. The first-order valence-corrected chi connectivity index (χ1v) is 14.4. The van der Waals surface area contributed by atoms with E-state index in [9.17, 15) is 24.0 Å². The van der Waals surface area contributed by atoms with Gasteiger partial charge in [0.2, 0.25) is 11.8 Å². The van der Waals surface area contributed by atoms with Crippen molar-refractivity contribution in [1.82, 2.24) is 4.90 Å². The normalized spacial score (nSPS) is 22.2. The number of anilines is 1. The maximum Gasteiger partial charge on any atom is 0.329 e. The highest BCUT2D eigenvalue weighted by Crippen LogP contribution is 2.61. The van der Waals surface area contributed by atoms with Crippen LogP contribution in [0, 0.1) is 11.8 Å². The fourth-order valence-electron chi connectivity index (χ4n) is 6.98. The third kappa shape index (κ3) is 4.51. The van der Waals surface area contributed by atoms with Gasteiger partial charge in [0.1, 0.15) is 6.04 Å². The Morgan fingerprint density at radius 3 is 1.76 bits per heavy atom. The monoisotopic (exact) mass is 564 g/mol. The van der Waals surface area contributed by atoms with E-state index in [0.29, 0.717) is 17.7 Å². The van der Waals surface area contributed by atoms with Crippen LogP contribution in [0.4, 0.5) is 5.69 Å². The minimum Gasteiger partial charge on any atom is -0.454 e. The Balaban J connectivity index is 1.23. The van der Waals surface area contributed by atoms with E-state index >= 15 is 0 Å². The summed E-state index contributed by atoms with van der Waals surface area (Å²) in [6.45, 7) is 2.85. The number of hydrogen-bond acceptors (Lipinski definition) is 6. The Morgan fingerprint density at radius 1 is 0.810 bits per heavy atom. The number of imide groups is 1. The Bertz CT molecular complexity index is 1480. The number of benzene rings is 3. The summed E-state index contributed by atoms with van der Waals surface area (Å²) in [5, 5.41) is 2.64. The quantitative estimate of drug-likeness (QED) is 0.227. The van der Waals surface area contributed by atoms with Crippen molar-refractivity contribution in [3.05, 3.63) is 101 Å². The van der Waals surface area contributed by atoms with E-state index in [4.69, 9.17) is 4.74 Å². The van der Waals surface area contributed by atoms with Crippen molar-refractivity contribution in [1.29, 1.82) is 0 Å². The summed E-state index contributed by atoms with van der Waals surface area (Å²) in [6, 6.07) is 21.2. The molecule has 3 aromatic carbocycles. The second-order valence-corrected chi connectivity index (χ2v) is 11.3. The molecule has 0 aromatic heterocycles. The highest BCUT2D eigenvalue weighted by molar-refractivity contribution is 6.10. The van der Waals surface area contributed by atoms with Crippen LogP contribution in [0.15, 0.2) is 72.8 Å². The number of rotatable bonds is 9. The molecule has 1 aliphatic heterocycles. The summed E-state index contributed by atoms with van der Waals surface area (Å²) in [4.78, 5) is 66.9. The minimum absolute atomic E-state index is 0.0912. The van der Waals surface area contributed by atoms with Crippen molar-refractivity contribution in [2.75, 3.05) is 11.9 Å². The van der Waals surface area contributed by atoms with Crippen LogP contribution in [0.2, 0.25) is 0 Å². The molecule has 1 N–H and O–H groups in total. The van der Waals surface area contributed by atoms with Gasteiger partial charge in [-0.05, 0) is 59.9 Å². The number of ketones is 1. The van der Waals surface area contributed by atoms with Gasteiger partial charge >= 0.3 is 5.97 Å². The number of unbranched alkanes of at least 4 members (excludes halogenated alkanes) is 1. The molecule has 4 aliphatic rings. The Hall–Kier alpha value is -4.59. The van der Waals surface area contributed by atoms with Crippen molar-refractivity contribution in [3.8, 4) is 0 Å². The third-order valence-corrected chi connectivity index (χ3v) is 8.82. The number of Topliss-reactive ketones (excluding diaryl/α,β-unsaturated/α-hetero) is 1. The number of carbonyl (C=O) groups excluding carboxylic acids is 5. The first-order valence-electron chi connectivity index (χ1n) is 14.4.